The van der Waals surface area contributed by atoms with Crippen LogP contribution < -0.4 is 14.8 Å². The highest BCUT2D eigenvalue weighted by molar-refractivity contribution is 6.32. The van der Waals surface area contributed by atoms with Gasteiger partial charge in [0, 0.05) is 24.5 Å². The lowest BCUT2D eigenvalue weighted by molar-refractivity contribution is 0.174. The molecule has 1 aromatic heterocycles. The zero-order chi connectivity index (χ0) is 13.2. The number of benzene rings is 1. The van der Waals surface area contributed by atoms with Crippen molar-refractivity contribution in [3.8, 4) is 22.8 Å². The molecule has 2 aromatic rings. The highest BCUT2D eigenvalue weighted by Crippen LogP contribution is 2.42. The summed E-state index contributed by atoms with van der Waals surface area (Å²) in [5.74, 6) is 1.94. The maximum absolute atomic E-state index is 6.18. The Morgan fingerprint density at radius 1 is 1.26 bits per heavy atom. The summed E-state index contributed by atoms with van der Waals surface area (Å²) in [6, 6.07) is 3.67. The van der Waals surface area contributed by atoms with Crippen molar-refractivity contribution in [1.82, 2.24) is 9.97 Å². The molecule has 1 aromatic carbocycles. The van der Waals surface area contributed by atoms with Gasteiger partial charge in [-0.2, -0.15) is 0 Å². The number of anilines is 1. The second-order valence-electron chi connectivity index (χ2n) is 3.98. The normalized spacial score (nSPS) is 12.5. The molecule has 2 heterocycles. The molecule has 0 radical (unpaired) electrons. The highest BCUT2D eigenvalue weighted by atomic mass is 35.5. The monoisotopic (exact) mass is 277 g/mol. The van der Waals surface area contributed by atoms with Gasteiger partial charge in [0.15, 0.2) is 17.3 Å². The molecule has 0 atom stereocenters. The van der Waals surface area contributed by atoms with Gasteiger partial charge in [0.05, 0.1) is 5.02 Å². The van der Waals surface area contributed by atoms with Crippen LogP contribution in [-0.2, 0) is 0 Å². The molecule has 0 unspecified atom stereocenters. The van der Waals surface area contributed by atoms with Crippen molar-refractivity contribution in [3.63, 3.8) is 0 Å². The van der Waals surface area contributed by atoms with Gasteiger partial charge < -0.3 is 14.8 Å². The van der Waals surface area contributed by atoms with E-state index in [-0.39, 0.29) is 6.79 Å². The number of hydrogen-bond acceptors (Lipinski definition) is 5. The van der Waals surface area contributed by atoms with E-state index in [0.717, 1.165) is 23.6 Å². The van der Waals surface area contributed by atoms with Gasteiger partial charge >= 0.3 is 0 Å². The Morgan fingerprint density at radius 2 is 2.11 bits per heavy atom. The van der Waals surface area contributed by atoms with Gasteiger partial charge in [-0.15, -0.1) is 0 Å². The maximum Gasteiger partial charge on any atom is 0.231 e. The third-order valence-corrected chi connectivity index (χ3v) is 3.02. The molecule has 19 heavy (non-hydrogen) atoms. The lowest BCUT2D eigenvalue weighted by Gasteiger charge is -2.09. The van der Waals surface area contributed by atoms with E-state index in [2.05, 4.69) is 15.3 Å². The molecule has 1 aliphatic heterocycles. The average molecular weight is 278 g/mol. The first-order valence-electron chi connectivity index (χ1n) is 5.94. The first kappa shape index (κ1) is 12.0. The van der Waals surface area contributed by atoms with E-state index in [1.807, 2.05) is 13.0 Å². The molecule has 0 aliphatic carbocycles. The van der Waals surface area contributed by atoms with Crippen LogP contribution in [0.15, 0.2) is 24.5 Å². The molecule has 0 saturated heterocycles. The minimum atomic E-state index is 0.193. The standard InChI is InChI=1S/C13H12ClN3O2/c1-2-15-13-11(16-3-4-17-13)8-5-9(14)12-10(6-8)18-7-19-12/h3-6H,2,7H2,1H3,(H,15,17). The fourth-order valence-electron chi connectivity index (χ4n) is 1.95. The summed E-state index contributed by atoms with van der Waals surface area (Å²) in [4.78, 5) is 8.63. The van der Waals surface area contributed by atoms with Crippen molar-refractivity contribution in [3.05, 3.63) is 29.5 Å². The van der Waals surface area contributed by atoms with Crippen LogP contribution in [-0.4, -0.2) is 23.3 Å². The Balaban J connectivity index is 2.10. The zero-order valence-electron chi connectivity index (χ0n) is 10.3. The number of halogens is 1. The molecular formula is C13H12ClN3O2. The Hall–Kier alpha value is -2.01. The topological polar surface area (TPSA) is 56.3 Å². The van der Waals surface area contributed by atoms with Gasteiger partial charge in [0.25, 0.3) is 0 Å². The number of aromatic nitrogens is 2. The highest BCUT2D eigenvalue weighted by Gasteiger charge is 2.20. The smallest absolute Gasteiger partial charge is 0.231 e. The van der Waals surface area contributed by atoms with Gasteiger partial charge in [-0.3, -0.25) is 4.98 Å². The summed E-state index contributed by atoms with van der Waals surface area (Å²) in [6.07, 6.45) is 3.30. The first-order chi connectivity index (χ1) is 9.29. The Bertz CT molecular complexity index is 619. The van der Waals surface area contributed by atoms with Crippen molar-refractivity contribution in [2.24, 2.45) is 0 Å². The third kappa shape index (κ3) is 2.17. The van der Waals surface area contributed by atoms with Crippen molar-refractivity contribution >= 4 is 17.4 Å². The van der Waals surface area contributed by atoms with Crippen LogP contribution in [0.1, 0.15) is 6.92 Å². The lowest BCUT2D eigenvalue weighted by Crippen LogP contribution is -2.02. The Morgan fingerprint density at radius 3 is 2.95 bits per heavy atom. The summed E-state index contributed by atoms with van der Waals surface area (Å²) in [6.45, 7) is 2.97. The first-order valence-corrected chi connectivity index (χ1v) is 6.31. The maximum atomic E-state index is 6.18. The van der Waals surface area contributed by atoms with Crippen LogP contribution in [0.4, 0.5) is 5.82 Å². The second-order valence-corrected chi connectivity index (χ2v) is 4.38. The zero-order valence-corrected chi connectivity index (χ0v) is 11.1. The average Bonchev–Trinajstić information content (AvgIpc) is 2.88. The van der Waals surface area contributed by atoms with E-state index in [1.54, 1.807) is 18.5 Å². The van der Waals surface area contributed by atoms with Gasteiger partial charge in [-0.1, -0.05) is 11.6 Å². The van der Waals surface area contributed by atoms with Crippen molar-refractivity contribution in [2.45, 2.75) is 6.92 Å². The second kappa shape index (κ2) is 4.93. The molecule has 1 aliphatic rings. The number of ether oxygens (including phenoxy) is 2. The molecule has 6 heteroatoms. The molecule has 1 N–H and O–H groups in total. The summed E-state index contributed by atoms with van der Waals surface area (Å²) in [5, 5.41) is 3.69. The van der Waals surface area contributed by atoms with E-state index in [0.29, 0.717) is 16.5 Å². The lowest BCUT2D eigenvalue weighted by atomic mass is 10.1. The predicted octanol–water partition coefficient (Wildman–Crippen LogP) is 2.96. The summed E-state index contributed by atoms with van der Waals surface area (Å²) in [7, 11) is 0. The third-order valence-electron chi connectivity index (χ3n) is 2.74. The van der Waals surface area contributed by atoms with E-state index in [4.69, 9.17) is 21.1 Å². The van der Waals surface area contributed by atoms with Crippen LogP contribution in [0.25, 0.3) is 11.3 Å². The minimum absolute atomic E-state index is 0.193. The molecule has 98 valence electrons. The van der Waals surface area contributed by atoms with Crippen LogP contribution in [0.5, 0.6) is 11.5 Å². The van der Waals surface area contributed by atoms with E-state index in [1.165, 1.54) is 0 Å². The largest absolute Gasteiger partial charge is 0.454 e. The summed E-state index contributed by atoms with van der Waals surface area (Å²) < 4.78 is 10.7. The van der Waals surface area contributed by atoms with Crippen LogP contribution in [0, 0.1) is 0 Å². The van der Waals surface area contributed by atoms with Crippen LogP contribution in [0.3, 0.4) is 0 Å². The molecule has 0 bridgehead atoms. The Kier molecular flexibility index (Phi) is 3.13. The minimum Gasteiger partial charge on any atom is -0.454 e. The number of hydrogen-bond donors (Lipinski definition) is 1. The van der Waals surface area contributed by atoms with Crippen molar-refractivity contribution < 1.29 is 9.47 Å². The molecule has 0 saturated carbocycles. The predicted molar refractivity (Wildman–Crippen MR) is 72.8 cm³/mol. The van der Waals surface area contributed by atoms with E-state index in [9.17, 15) is 0 Å². The molecular weight excluding hydrogens is 266 g/mol. The molecule has 0 amide bonds. The fraction of sp³-hybridized carbons (Fsp3) is 0.231. The summed E-state index contributed by atoms with van der Waals surface area (Å²) in [5.41, 5.74) is 1.59. The van der Waals surface area contributed by atoms with E-state index < -0.39 is 0 Å². The van der Waals surface area contributed by atoms with Crippen LogP contribution in [0.2, 0.25) is 5.02 Å². The van der Waals surface area contributed by atoms with Gasteiger partial charge in [0.1, 0.15) is 5.69 Å². The van der Waals surface area contributed by atoms with Gasteiger partial charge in [0.2, 0.25) is 6.79 Å². The van der Waals surface area contributed by atoms with Gasteiger partial charge in [-0.25, -0.2) is 4.98 Å². The number of rotatable bonds is 3. The van der Waals surface area contributed by atoms with Crippen molar-refractivity contribution in [1.29, 1.82) is 0 Å². The molecule has 3 rings (SSSR count). The molecule has 0 fully saturated rings. The quantitative estimate of drug-likeness (QED) is 0.935. The van der Waals surface area contributed by atoms with E-state index >= 15 is 0 Å². The number of nitrogens with zero attached hydrogens (tertiary/aromatic N) is 2. The number of fused-ring (bicyclic) bond motifs is 1. The van der Waals surface area contributed by atoms with Crippen molar-refractivity contribution in [2.75, 3.05) is 18.7 Å². The Labute approximate surface area is 115 Å². The SMILES string of the molecule is CCNc1nccnc1-c1cc(Cl)c2c(c1)OCO2. The fourth-order valence-corrected chi connectivity index (χ4v) is 2.22. The molecule has 0 spiro atoms. The summed E-state index contributed by atoms with van der Waals surface area (Å²) >= 11 is 6.18. The van der Waals surface area contributed by atoms with Gasteiger partial charge in [-0.05, 0) is 19.1 Å². The molecule has 5 nitrogen and oxygen atoms in total. The number of nitrogens with one attached hydrogen (secondary N) is 1. The van der Waals surface area contributed by atoms with Crippen LogP contribution >= 0.6 is 11.6 Å².